The van der Waals surface area contributed by atoms with E-state index in [0.717, 1.165) is 6.92 Å². The maximum absolute atomic E-state index is 13.7. The number of nitrogens with one attached hydrogen (secondary N) is 2. The van der Waals surface area contributed by atoms with Gasteiger partial charge in [-0.3, -0.25) is 0 Å². The number of para-hydroxylation sites is 1. The minimum Gasteiger partial charge on any atom is -0.381 e. The highest BCUT2D eigenvalue weighted by molar-refractivity contribution is 5.90. The van der Waals surface area contributed by atoms with Crippen LogP contribution in [0.3, 0.4) is 0 Å². The van der Waals surface area contributed by atoms with Crippen LogP contribution in [0, 0.1) is 6.92 Å². The summed E-state index contributed by atoms with van der Waals surface area (Å²) in [7, 11) is 0. The topological polar surface area (TPSA) is 89.3 Å². The van der Waals surface area contributed by atoms with Crippen LogP contribution in [0.4, 0.5) is 19.3 Å². The maximum atomic E-state index is 13.7. The van der Waals surface area contributed by atoms with Crippen LogP contribution in [0.5, 0.6) is 0 Å². The Bertz CT molecular complexity index is 782. The van der Waals surface area contributed by atoms with Gasteiger partial charge < -0.3 is 19.9 Å². The Morgan fingerprint density at radius 3 is 2.58 bits per heavy atom. The van der Waals surface area contributed by atoms with Gasteiger partial charge in [-0.25, -0.2) is 13.6 Å². The summed E-state index contributed by atoms with van der Waals surface area (Å²) < 4.78 is 38.1. The minimum absolute atomic E-state index is 0.0430. The van der Waals surface area contributed by atoms with E-state index >= 15 is 0 Å². The van der Waals surface area contributed by atoms with E-state index in [1.807, 2.05) is 0 Å². The number of hydrogen-bond donors (Lipinski definition) is 2. The van der Waals surface area contributed by atoms with Crippen molar-refractivity contribution >= 4 is 11.7 Å². The van der Waals surface area contributed by atoms with Gasteiger partial charge >= 0.3 is 6.03 Å². The van der Waals surface area contributed by atoms with Gasteiger partial charge in [-0.2, -0.15) is 4.98 Å². The largest absolute Gasteiger partial charge is 0.381 e. The lowest BCUT2D eigenvalue weighted by Crippen LogP contribution is -2.51. The number of urea groups is 1. The number of carbonyl (C=O) groups is 1. The van der Waals surface area contributed by atoms with Crippen LogP contribution in [-0.2, 0) is 16.2 Å². The zero-order chi connectivity index (χ0) is 18.8. The second kappa shape index (κ2) is 6.99. The highest BCUT2D eigenvalue weighted by Gasteiger charge is 2.41. The number of carbonyl (C=O) groups excluding carboxylic acids is 1. The van der Waals surface area contributed by atoms with Gasteiger partial charge in [0.05, 0.1) is 5.69 Å². The number of halogens is 2. The number of ether oxygens (including phenoxy) is 1. The normalized spacial score (nSPS) is 16.9. The summed E-state index contributed by atoms with van der Waals surface area (Å²) in [6, 6.07) is 5.16. The second-order valence-corrected chi connectivity index (χ2v) is 6.35. The third kappa shape index (κ3) is 3.82. The summed E-state index contributed by atoms with van der Waals surface area (Å²) in [5, 5.41) is 9.10. The monoisotopic (exact) mass is 366 g/mol. The molecule has 0 unspecified atom stereocenters. The molecule has 0 aliphatic carbocycles. The molecule has 2 N–H and O–H groups in total. The number of benzene rings is 1. The quantitative estimate of drug-likeness (QED) is 0.866. The third-order valence-electron chi connectivity index (χ3n) is 4.28. The van der Waals surface area contributed by atoms with Gasteiger partial charge in [0.15, 0.2) is 5.82 Å². The number of aryl methyl sites for hydroxylation is 1. The molecule has 26 heavy (non-hydrogen) atoms. The molecule has 0 saturated carbocycles. The fourth-order valence-electron chi connectivity index (χ4n) is 2.95. The minimum atomic E-state index is -3.08. The Morgan fingerprint density at radius 1 is 1.27 bits per heavy atom. The SMILES string of the molecule is Cc1noc(C2(NC(=O)Nc3ccccc3C(C)(F)F)CCOCC2)n1. The maximum Gasteiger partial charge on any atom is 0.320 e. The van der Waals surface area contributed by atoms with E-state index in [1.54, 1.807) is 13.0 Å². The number of anilines is 1. The highest BCUT2D eigenvalue weighted by Crippen LogP contribution is 2.34. The van der Waals surface area contributed by atoms with Crippen LogP contribution in [0.15, 0.2) is 28.8 Å². The van der Waals surface area contributed by atoms with Gasteiger partial charge in [0, 0.05) is 38.5 Å². The van der Waals surface area contributed by atoms with E-state index in [0.29, 0.717) is 31.9 Å². The number of alkyl halides is 2. The molecule has 1 aliphatic rings. The van der Waals surface area contributed by atoms with Crippen LogP contribution in [0.1, 0.15) is 37.0 Å². The molecule has 0 radical (unpaired) electrons. The molecule has 9 heteroatoms. The Kier molecular flexibility index (Phi) is 4.90. The van der Waals surface area contributed by atoms with Gasteiger partial charge in [-0.05, 0) is 13.0 Å². The molecule has 0 spiro atoms. The Morgan fingerprint density at radius 2 is 1.96 bits per heavy atom. The van der Waals surface area contributed by atoms with Crippen LogP contribution in [0.25, 0.3) is 0 Å². The Balaban J connectivity index is 1.82. The van der Waals surface area contributed by atoms with Crippen LogP contribution in [-0.4, -0.2) is 29.4 Å². The molecule has 7 nitrogen and oxygen atoms in total. The smallest absolute Gasteiger partial charge is 0.320 e. The van der Waals surface area contributed by atoms with Crippen molar-refractivity contribution in [1.82, 2.24) is 15.5 Å². The van der Waals surface area contributed by atoms with E-state index in [-0.39, 0.29) is 17.1 Å². The zero-order valence-electron chi connectivity index (χ0n) is 14.5. The fourth-order valence-corrected chi connectivity index (χ4v) is 2.95. The molecule has 1 aromatic heterocycles. The number of aromatic nitrogens is 2. The summed E-state index contributed by atoms with van der Waals surface area (Å²) >= 11 is 0. The van der Waals surface area contributed by atoms with Crippen LogP contribution in [0.2, 0.25) is 0 Å². The molecular weight excluding hydrogens is 346 g/mol. The molecule has 2 amide bonds. The van der Waals surface area contributed by atoms with E-state index in [2.05, 4.69) is 20.8 Å². The van der Waals surface area contributed by atoms with Crippen molar-refractivity contribution in [2.24, 2.45) is 0 Å². The molecular formula is C17H20F2N4O3. The van der Waals surface area contributed by atoms with E-state index < -0.39 is 17.5 Å². The first-order valence-corrected chi connectivity index (χ1v) is 8.25. The first-order valence-electron chi connectivity index (χ1n) is 8.25. The predicted octanol–water partition coefficient (Wildman–Crippen LogP) is 3.32. The number of hydrogen-bond acceptors (Lipinski definition) is 5. The lowest BCUT2D eigenvalue weighted by atomic mass is 9.90. The summed E-state index contributed by atoms with van der Waals surface area (Å²) in [6.45, 7) is 3.28. The van der Waals surface area contributed by atoms with E-state index in [4.69, 9.17) is 9.26 Å². The summed E-state index contributed by atoms with van der Waals surface area (Å²) in [4.78, 5) is 16.8. The molecule has 1 fully saturated rings. The van der Waals surface area contributed by atoms with Crippen molar-refractivity contribution in [3.05, 3.63) is 41.5 Å². The average Bonchev–Trinajstić information content (AvgIpc) is 3.02. The lowest BCUT2D eigenvalue weighted by molar-refractivity contribution is 0.0182. The number of nitrogens with zero attached hydrogens (tertiary/aromatic N) is 2. The highest BCUT2D eigenvalue weighted by atomic mass is 19.3. The second-order valence-electron chi connectivity index (χ2n) is 6.35. The average molecular weight is 366 g/mol. The molecule has 2 heterocycles. The van der Waals surface area contributed by atoms with Crippen molar-refractivity contribution in [3.63, 3.8) is 0 Å². The first-order chi connectivity index (χ1) is 12.3. The van der Waals surface area contributed by atoms with Crippen molar-refractivity contribution in [3.8, 4) is 0 Å². The number of amides is 2. The Labute approximate surface area is 149 Å². The third-order valence-corrected chi connectivity index (χ3v) is 4.28. The molecule has 0 atom stereocenters. The lowest BCUT2D eigenvalue weighted by Gasteiger charge is -2.34. The van der Waals surface area contributed by atoms with E-state index in [9.17, 15) is 13.6 Å². The van der Waals surface area contributed by atoms with Crippen molar-refractivity contribution in [1.29, 1.82) is 0 Å². The van der Waals surface area contributed by atoms with Gasteiger partial charge in [0.25, 0.3) is 11.8 Å². The van der Waals surface area contributed by atoms with E-state index in [1.165, 1.54) is 18.2 Å². The predicted molar refractivity (Wildman–Crippen MR) is 88.9 cm³/mol. The molecule has 2 aromatic rings. The molecule has 3 rings (SSSR count). The van der Waals surface area contributed by atoms with Gasteiger partial charge in [-0.1, -0.05) is 23.4 Å². The van der Waals surface area contributed by atoms with Crippen molar-refractivity contribution in [2.75, 3.05) is 18.5 Å². The molecule has 0 bridgehead atoms. The van der Waals surface area contributed by atoms with Crippen LogP contribution < -0.4 is 10.6 Å². The summed E-state index contributed by atoms with van der Waals surface area (Å²) in [5.41, 5.74) is -1.11. The van der Waals surface area contributed by atoms with Gasteiger partial charge in [0.2, 0.25) is 0 Å². The summed E-state index contributed by atoms with van der Waals surface area (Å²) in [5.74, 6) is -2.35. The van der Waals surface area contributed by atoms with Gasteiger partial charge in [-0.15, -0.1) is 0 Å². The molecule has 140 valence electrons. The van der Waals surface area contributed by atoms with Crippen molar-refractivity contribution < 1.29 is 22.8 Å². The first kappa shape index (κ1) is 18.2. The molecule has 1 aliphatic heterocycles. The summed E-state index contributed by atoms with van der Waals surface area (Å²) in [6.07, 6.45) is 0.876. The number of rotatable bonds is 4. The Hall–Kier alpha value is -2.55. The molecule has 1 aromatic carbocycles. The van der Waals surface area contributed by atoms with Crippen LogP contribution >= 0.6 is 0 Å². The fraction of sp³-hybridized carbons (Fsp3) is 0.471. The standard InChI is InChI=1S/C17H20F2N4O3/c1-11-20-14(26-23-11)17(7-9-25-10-8-17)22-15(24)21-13-6-4-3-5-12(13)16(2,18)19/h3-6H,7-10H2,1-2H3,(H2,21,22,24). The van der Waals surface area contributed by atoms with Crippen molar-refractivity contribution in [2.45, 2.75) is 38.2 Å². The zero-order valence-corrected chi connectivity index (χ0v) is 14.5. The van der Waals surface area contributed by atoms with Gasteiger partial charge in [0.1, 0.15) is 5.54 Å². The molecule has 1 saturated heterocycles.